The normalized spacial score (nSPS) is 13.5. The maximum Gasteiger partial charge on any atom is 0.234 e. The number of thioether (sulfide) groups is 1. The van der Waals surface area contributed by atoms with E-state index in [4.69, 9.17) is 9.47 Å². The molecule has 9 nitrogen and oxygen atoms in total. The zero-order valence-electron chi connectivity index (χ0n) is 18.6. The van der Waals surface area contributed by atoms with Gasteiger partial charge in [0, 0.05) is 18.8 Å². The van der Waals surface area contributed by atoms with Crippen LogP contribution in [0.4, 0.5) is 23.3 Å². The fourth-order valence-electron chi connectivity index (χ4n) is 3.26. The van der Waals surface area contributed by atoms with E-state index in [0.717, 1.165) is 11.3 Å². The molecule has 0 bridgehead atoms. The molecule has 172 valence electrons. The Morgan fingerprint density at radius 1 is 1.12 bits per heavy atom. The highest BCUT2D eigenvalue weighted by Gasteiger charge is 2.18. The summed E-state index contributed by atoms with van der Waals surface area (Å²) in [5.74, 6) is 1.59. The fourth-order valence-corrected chi connectivity index (χ4v) is 3.89. The fraction of sp³-hybridized carbons (Fsp3) is 0.304. The molecule has 1 aliphatic heterocycles. The van der Waals surface area contributed by atoms with E-state index in [-0.39, 0.29) is 11.7 Å². The first-order valence-corrected chi connectivity index (χ1v) is 11.6. The van der Waals surface area contributed by atoms with Gasteiger partial charge < -0.3 is 25.0 Å². The van der Waals surface area contributed by atoms with Gasteiger partial charge in [0.1, 0.15) is 5.75 Å². The number of para-hydroxylation sites is 1. The SMILES string of the molecule is COc1ccc(C)cc1NC(=O)CSc1nc(Nc2ccccc2)nc(N2CCOCC2)n1. The molecule has 3 aromatic rings. The van der Waals surface area contributed by atoms with E-state index in [2.05, 4.69) is 30.5 Å². The third-order valence-corrected chi connectivity index (χ3v) is 5.74. The summed E-state index contributed by atoms with van der Waals surface area (Å²) in [6, 6.07) is 15.3. The number of aromatic nitrogens is 3. The zero-order chi connectivity index (χ0) is 23.0. The molecule has 1 saturated heterocycles. The number of benzene rings is 2. The lowest BCUT2D eigenvalue weighted by molar-refractivity contribution is -0.113. The maximum absolute atomic E-state index is 12.6. The molecule has 0 radical (unpaired) electrons. The Labute approximate surface area is 196 Å². The molecule has 1 amide bonds. The third kappa shape index (κ3) is 6.33. The molecular weight excluding hydrogens is 440 g/mol. The molecule has 0 unspecified atom stereocenters. The predicted octanol–water partition coefficient (Wildman–Crippen LogP) is 3.50. The lowest BCUT2D eigenvalue weighted by Crippen LogP contribution is -2.37. The van der Waals surface area contributed by atoms with Crippen molar-refractivity contribution >= 4 is 40.9 Å². The van der Waals surface area contributed by atoms with E-state index < -0.39 is 0 Å². The summed E-state index contributed by atoms with van der Waals surface area (Å²) in [6.45, 7) is 4.61. The summed E-state index contributed by atoms with van der Waals surface area (Å²) in [5.41, 5.74) is 2.54. The number of hydrogen-bond acceptors (Lipinski definition) is 9. The van der Waals surface area contributed by atoms with Gasteiger partial charge >= 0.3 is 0 Å². The standard InChI is InChI=1S/C23H26N6O3S/c1-16-8-9-19(31-2)18(14-16)25-20(30)15-33-23-27-21(24-17-6-4-3-5-7-17)26-22(28-23)29-10-12-32-13-11-29/h3-9,14H,10-13,15H2,1-2H3,(H,25,30)(H,24,26,27,28). The van der Waals surface area contributed by atoms with Crippen molar-refractivity contribution in [2.45, 2.75) is 12.1 Å². The van der Waals surface area contributed by atoms with Crippen molar-refractivity contribution in [2.24, 2.45) is 0 Å². The molecular formula is C23H26N6O3S. The van der Waals surface area contributed by atoms with E-state index in [9.17, 15) is 4.79 Å². The summed E-state index contributed by atoms with van der Waals surface area (Å²) in [7, 11) is 1.58. The topological polar surface area (TPSA) is 102 Å². The lowest BCUT2D eigenvalue weighted by Gasteiger charge is -2.27. The van der Waals surface area contributed by atoms with E-state index in [1.807, 2.05) is 55.5 Å². The average Bonchev–Trinajstić information content (AvgIpc) is 2.84. The van der Waals surface area contributed by atoms with Crippen LogP contribution in [-0.4, -0.2) is 60.0 Å². The number of morpholine rings is 1. The quantitative estimate of drug-likeness (QED) is 0.483. The lowest BCUT2D eigenvalue weighted by atomic mass is 10.2. The van der Waals surface area contributed by atoms with Crippen LogP contribution >= 0.6 is 11.8 Å². The minimum Gasteiger partial charge on any atom is -0.495 e. The van der Waals surface area contributed by atoms with Crippen molar-refractivity contribution in [3.63, 3.8) is 0 Å². The van der Waals surface area contributed by atoms with Crippen molar-refractivity contribution in [3.8, 4) is 5.75 Å². The zero-order valence-corrected chi connectivity index (χ0v) is 19.4. The number of nitrogens with zero attached hydrogens (tertiary/aromatic N) is 4. The first-order chi connectivity index (χ1) is 16.1. The summed E-state index contributed by atoms with van der Waals surface area (Å²) >= 11 is 1.26. The van der Waals surface area contributed by atoms with Gasteiger partial charge in [-0.1, -0.05) is 36.0 Å². The molecule has 0 atom stereocenters. The Balaban J connectivity index is 1.49. The molecule has 10 heteroatoms. The summed E-state index contributed by atoms with van der Waals surface area (Å²) < 4.78 is 10.8. The van der Waals surface area contributed by atoms with Gasteiger partial charge in [0.05, 0.1) is 31.8 Å². The number of hydrogen-bond donors (Lipinski definition) is 2. The van der Waals surface area contributed by atoms with Crippen LogP contribution < -0.4 is 20.3 Å². The monoisotopic (exact) mass is 466 g/mol. The Bertz CT molecular complexity index is 1090. The molecule has 2 N–H and O–H groups in total. The molecule has 33 heavy (non-hydrogen) atoms. The molecule has 2 aromatic carbocycles. The van der Waals surface area contributed by atoms with Crippen LogP contribution in [0.3, 0.4) is 0 Å². The number of methoxy groups -OCH3 is 1. The second kappa shape index (κ2) is 11.0. The van der Waals surface area contributed by atoms with Crippen molar-refractivity contribution in [1.29, 1.82) is 0 Å². The Morgan fingerprint density at radius 3 is 2.67 bits per heavy atom. The van der Waals surface area contributed by atoms with Crippen LogP contribution in [0.1, 0.15) is 5.56 Å². The van der Waals surface area contributed by atoms with Crippen molar-refractivity contribution in [1.82, 2.24) is 15.0 Å². The first kappa shape index (κ1) is 22.8. The largest absolute Gasteiger partial charge is 0.495 e. The van der Waals surface area contributed by atoms with Gasteiger partial charge in [-0.2, -0.15) is 15.0 Å². The second-order valence-electron chi connectivity index (χ2n) is 7.37. The number of amides is 1. The van der Waals surface area contributed by atoms with Crippen LogP contribution in [0.2, 0.25) is 0 Å². The van der Waals surface area contributed by atoms with Crippen molar-refractivity contribution in [3.05, 3.63) is 54.1 Å². The first-order valence-electron chi connectivity index (χ1n) is 10.6. The van der Waals surface area contributed by atoms with Crippen LogP contribution in [-0.2, 0) is 9.53 Å². The Hall–Kier alpha value is -3.37. The van der Waals surface area contributed by atoms with Gasteiger partial charge in [-0.3, -0.25) is 4.79 Å². The molecule has 1 fully saturated rings. The summed E-state index contributed by atoms with van der Waals surface area (Å²) in [5, 5.41) is 6.60. The average molecular weight is 467 g/mol. The van der Waals surface area contributed by atoms with Crippen LogP contribution in [0.25, 0.3) is 0 Å². The molecule has 2 heterocycles. The number of aryl methyl sites for hydroxylation is 1. The molecule has 0 aliphatic carbocycles. The molecule has 4 rings (SSSR count). The molecule has 0 saturated carbocycles. The minimum atomic E-state index is -0.171. The van der Waals surface area contributed by atoms with Gasteiger partial charge in [-0.15, -0.1) is 0 Å². The van der Waals surface area contributed by atoms with Gasteiger partial charge in [0.25, 0.3) is 0 Å². The number of nitrogens with one attached hydrogen (secondary N) is 2. The van der Waals surface area contributed by atoms with E-state index in [0.29, 0.717) is 54.8 Å². The third-order valence-electron chi connectivity index (χ3n) is 4.89. The predicted molar refractivity (Wildman–Crippen MR) is 130 cm³/mol. The highest BCUT2D eigenvalue weighted by atomic mass is 32.2. The van der Waals surface area contributed by atoms with Gasteiger partial charge in [0.2, 0.25) is 17.8 Å². The van der Waals surface area contributed by atoms with Gasteiger partial charge in [-0.05, 0) is 36.8 Å². The Kier molecular flexibility index (Phi) is 7.59. The second-order valence-corrected chi connectivity index (χ2v) is 8.32. The molecule has 1 aliphatic rings. The summed E-state index contributed by atoms with van der Waals surface area (Å²) in [6.07, 6.45) is 0. The summed E-state index contributed by atoms with van der Waals surface area (Å²) in [4.78, 5) is 28.4. The van der Waals surface area contributed by atoms with Crippen LogP contribution in [0, 0.1) is 6.92 Å². The van der Waals surface area contributed by atoms with Gasteiger partial charge in [0.15, 0.2) is 5.16 Å². The smallest absolute Gasteiger partial charge is 0.234 e. The number of ether oxygens (including phenoxy) is 2. The van der Waals surface area contributed by atoms with E-state index in [1.165, 1.54) is 11.8 Å². The molecule has 1 aromatic heterocycles. The molecule has 0 spiro atoms. The number of rotatable bonds is 8. The number of carbonyl (C=O) groups is 1. The number of anilines is 4. The highest BCUT2D eigenvalue weighted by molar-refractivity contribution is 7.99. The van der Waals surface area contributed by atoms with Crippen LogP contribution in [0.15, 0.2) is 53.7 Å². The van der Waals surface area contributed by atoms with Crippen molar-refractivity contribution < 1.29 is 14.3 Å². The van der Waals surface area contributed by atoms with Crippen LogP contribution in [0.5, 0.6) is 5.75 Å². The maximum atomic E-state index is 12.6. The minimum absolute atomic E-state index is 0.147. The van der Waals surface area contributed by atoms with E-state index in [1.54, 1.807) is 7.11 Å². The van der Waals surface area contributed by atoms with Gasteiger partial charge in [-0.25, -0.2) is 0 Å². The van der Waals surface area contributed by atoms with Crippen molar-refractivity contribution in [2.75, 3.05) is 54.7 Å². The highest BCUT2D eigenvalue weighted by Crippen LogP contribution is 2.26. The Morgan fingerprint density at radius 2 is 1.91 bits per heavy atom. The number of carbonyl (C=O) groups excluding carboxylic acids is 1. The van der Waals surface area contributed by atoms with E-state index >= 15 is 0 Å².